The van der Waals surface area contributed by atoms with E-state index in [4.69, 9.17) is 25.6 Å². The van der Waals surface area contributed by atoms with Crippen LogP contribution in [0, 0.1) is 0 Å². The molecule has 170 valence electrons. The minimum Gasteiger partial charge on any atom is -0.445 e. The molecule has 1 heterocycles. The Labute approximate surface area is 194 Å². The van der Waals surface area contributed by atoms with Crippen LogP contribution >= 0.6 is 11.6 Å². The van der Waals surface area contributed by atoms with Gasteiger partial charge < -0.3 is 24.5 Å². The summed E-state index contributed by atoms with van der Waals surface area (Å²) in [5.41, 5.74) is 1.95. The second kappa shape index (κ2) is 10.1. The van der Waals surface area contributed by atoms with Gasteiger partial charge in [-0.05, 0) is 62.0 Å². The summed E-state index contributed by atoms with van der Waals surface area (Å²) in [4.78, 5) is 12.3. The Hall–Kier alpha value is -2.32. The lowest BCUT2D eigenvalue weighted by molar-refractivity contribution is 0.00578. The van der Waals surface area contributed by atoms with E-state index >= 15 is 0 Å². The second-order valence-electron chi connectivity index (χ2n) is 8.72. The summed E-state index contributed by atoms with van der Waals surface area (Å²) < 4.78 is 17.7. The molecule has 0 bridgehead atoms. The average molecular weight is 458 g/mol. The quantitative estimate of drug-likeness (QED) is 0.586. The SMILES string of the molecule is CC1(C)OB(C(=Cc2ccc(Cl)cc2CO)CNC(=O)OCc2ccccc2)OC1(C)C. The number of hydrogen-bond donors (Lipinski definition) is 2. The highest BCUT2D eigenvalue weighted by Crippen LogP contribution is 2.39. The summed E-state index contributed by atoms with van der Waals surface area (Å²) in [6.45, 7) is 8.02. The number of ether oxygens (including phenoxy) is 1. The van der Waals surface area contributed by atoms with Crippen LogP contribution in [0.3, 0.4) is 0 Å². The van der Waals surface area contributed by atoms with Gasteiger partial charge in [0.2, 0.25) is 0 Å². The second-order valence-corrected chi connectivity index (χ2v) is 9.16. The lowest BCUT2D eigenvalue weighted by Crippen LogP contribution is -2.41. The van der Waals surface area contributed by atoms with Crippen LogP contribution in [-0.4, -0.2) is 36.1 Å². The number of halogens is 1. The summed E-state index contributed by atoms with van der Waals surface area (Å²) in [6, 6.07) is 14.7. The van der Waals surface area contributed by atoms with Gasteiger partial charge in [-0.3, -0.25) is 0 Å². The first-order valence-electron chi connectivity index (χ1n) is 10.5. The van der Waals surface area contributed by atoms with Gasteiger partial charge in [-0.2, -0.15) is 0 Å². The molecule has 6 nitrogen and oxygen atoms in total. The first-order valence-corrected chi connectivity index (χ1v) is 10.9. The maximum absolute atomic E-state index is 12.3. The molecule has 2 N–H and O–H groups in total. The molecule has 0 radical (unpaired) electrons. The van der Waals surface area contributed by atoms with Gasteiger partial charge in [0.05, 0.1) is 17.8 Å². The van der Waals surface area contributed by atoms with Crippen LogP contribution in [0.25, 0.3) is 6.08 Å². The van der Waals surface area contributed by atoms with Crippen LogP contribution in [0.4, 0.5) is 4.79 Å². The molecular weight excluding hydrogens is 429 g/mol. The summed E-state index contributed by atoms with van der Waals surface area (Å²) in [7, 11) is -0.670. The van der Waals surface area contributed by atoms with Gasteiger partial charge in [-0.1, -0.05) is 54.1 Å². The molecule has 1 aliphatic rings. The van der Waals surface area contributed by atoms with Crippen molar-refractivity contribution < 1.29 is 23.9 Å². The molecule has 1 fully saturated rings. The summed E-state index contributed by atoms with van der Waals surface area (Å²) in [5.74, 6) is 0. The number of alkyl carbamates (subject to hydrolysis) is 1. The first kappa shape index (κ1) is 24.3. The molecule has 0 aromatic heterocycles. The zero-order chi connectivity index (χ0) is 23.4. The van der Waals surface area contributed by atoms with Gasteiger partial charge in [-0.15, -0.1) is 0 Å². The van der Waals surface area contributed by atoms with Crippen molar-refractivity contribution in [3.05, 3.63) is 75.7 Å². The molecule has 32 heavy (non-hydrogen) atoms. The zero-order valence-corrected chi connectivity index (χ0v) is 19.6. The third kappa shape index (κ3) is 5.92. The van der Waals surface area contributed by atoms with E-state index in [1.54, 1.807) is 12.1 Å². The molecule has 2 aromatic rings. The van der Waals surface area contributed by atoms with E-state index in [9.17, 15) is 9.90 Å². The molecule has 0 saturated carbocycles. The largest absolute Gasteiger partial charge is 0.492 e. The highest BCUT2D eigenvalue weighted by molar-refractivity contribution is 6.56. The highest BCUT2D eigenvalue weighted by atomic mass is 35.5. The fourth-order valence-corrected chi connectivity index (χ4v) is 3.39. The van der Waals surface area contributed by atoms with Crippen LogP contribution in [-0.2, 0) is 27.3 Å². The topological polar surface area (TPSA) is 77.0 Å². The van der Waals surface area contributed by atoms with Gasteiger partial charge >= 0.3 is 13.2 Å². The summed E-state index contributed by atoms with van der Waals surface area (Å²) in [6.07, 6.45) is 1.30. The molecule has 1 aliphatic heterocycles. The van der Waals surface area contributed by atoms with Gasteiger partial charge in [0.1, 0.15) is 6.61 Å². The van der Waals surface area contributed by atoms with Gasteiger partial charge in [0.25, 0.3) is 0 Å². The summed E-state index contributed by atoms with van der Waals surface area (Å²) in [5, 5.41) is 13.1. The zero-order valence-electron chi connectivity index (χ0n) is 18.9. The van der Waals surface area contributed by atoms with E-state index in [2.05, 4.69) is 5.32 Å². The number of aliphatic hydroxyl groups is 1. The van der Waals surface area contributed by atoms with Crippen LogP contribution in [0.1, 0.15) is 44.4 Å². The van der Waals surface area contributed by atoms with Crippen molar-refractivity contribution in [3.8, 4) is 0 Å². The van der Waals surface area contributed by atoms with E-state index in [0.717, 1.165) is 11.1 Å². The molecule has 1 saturated heterocycles. The Bertz CT molecular complexity index is 962. The standard InChI is InChI=1S/C24H29BClNO5/c1-23(2)24(3,4)32-25(31-23)20(12-18-10-11-21(26)13-19(18)15-28)14-27-22(29)30-16-17-8-6-5-7-9-17/h5-13,28H,14-16H2,1-4H3,(H,27,29). The Kier molecular flexibility index (Phi) is 7.67. The molecule has 2 aromatic carbocycles. The number of amides is 1. The number of hydrogen-bond acceptors (Lipinski definition) is 5. The number of aliphatic hydroxyl groups excluding tert-OH is 1. The van der Waals surface area contributed by atoms with Crippen LogP contribution < -0.4 is 5.32 Å². The lowest BCUT2D eigenvalue weighted by atomic mass is 9.76. The number of carbonyl (C=O) groups excluding carboxylic acids is 1. The molecule has 0 atom stereocenters. The van der Waals surface area contributed by atoms with E-state index < -0.39 is 24.4 Å². The molecule has 8 heteroatoms. The maximum Gasteiger partial charge on any atom is 0.492 e. The van der Waals surface area contributed by atoms with Crippen molar-refractivity contribution in [1.29, 1.82) is 0 Å². The normalized spacial score (nSPS) is 17.3. The van der Waals surface area contributed by atoms with Crippen molar-refractivity contribution >= 4 is 30.9 Å². The van der Waals surface area contributed by atoms with Crippen molar-refractivity contribution in [2.24, 2.45) is 0 Å². The Morgan fingerprint density at radius 3 is 2.41 bits per heavy atom. The van der Waals surface area contributed by atoms with Crippen molar-refractivity contribution in [3.63, 3.8) is 0 Å². The number of carbonyl (C=O) groups is 1. The lowest BCUT2D eigenvalue weighted by Gasteiger charge is -2.32. The third-order valence-electron chi connectivity index (χ3n) is 5.82. The van der Waals surface area contributed by atoms with Crippen LogP contribution in [0.2, 0.25) is 5.02 Å². The predicted octanol–water partition coefficient (Wildman–Crippen LogP) is 4.77. The maximum atomic E-state index is 12.3. The van der Waals surface area contributed by atoms with Gasteiger partial charge in [-0.25, -0.2) is 4.79 Å². The van der Waals surface area contributed by atoms with Crippen molar-refractivity contribution in [2.75, 3.05) is 6.54 Å². The van der Waals surface area contributed by atoms with Crippen molar-refractivity contribution in [1.82, 2.24) is 5.32 Å². The van der Waals surface area contributed by atoms with E-state index in [1.165, 1.54) is 0 Å². The summed E-state index contributed by atoms with van der Waals surface area (Å²) >= 11 is 6.07. The molecule has 0 spiro atoms. The van der Waals surface area contributed by atoms with Crippen LogP contribution in [0.5, 0.6) is 0 Å². The molecular formula is C24H29BClNO5. The number of benzene rings is 2. The monoisotopic (exact) mass is 457 g/mol. The van der Waals surface area contributed by atoms with Crippen molar-refractivity contribution in [2.45, 2.75) is 52.1 Å². The first-order chi connectivity index (χ1) is 15.1. The van der Waals surface area contributed by atoms with E-state index in [1.807, 2.05) is 70.2 Å². The Balaban J connectivity index is 1.78. The third-order valence-corrected chi connectivity index (χ3v) is 6.06. The van der Waals surface area contributed by atoms with Crippen LogP contribution in [0.15, 0.2) is 54.0 Å². The fraction of sp³-hybridized carbons (Fsp3) is 0.375. The Morgan fingerprint density at radius 2 is 1.78 bits per heavy atom. The van der Waals surface area contributed by atoms with Gasteiger partial charge in [0.15, 0.2) is 0 Å². The minimum atomic E-state index is -0.670. The smallest absolute Gasteiger partial charge is 0.445 e. The molecule has 0 aliphatic carbocycles. The molecule has 3 rings (SSSR count). The van der Waals surface area contributed by atoms with E-state index in [-0.39, 0.29) is 19.8 Å². The molecule has 1 amide bonds. The fourth-order valence-electron chi connectivity index (χ4n) is 3.20. The van der Waals surface area contributed by atoms with E-state index in [0.29, 0.717) is 16.1 Å². The molecule has 0 unspecified atom stereocenters. The Morgan fingerprint density at radius 1 is 1.12 bits per heavy atom. The number of nitrogens with one attached hydrogen (secondary N) is 1. The minimum absolute atomic E-state index is 0.151. The average Bonchev–Trinajstić information content (AvgIpc) is 2.97. The number of rotatable bonds is 7. The highest BCUT2D eigenvalue weighted by Gasteiger charge is 2.52. The predicted molar refractivity (Wildman–Crippen MR) is 126 cm³/mol. The van der Waals surface area contributed by atoms with Gasteiger partial charge in [0, 0.05) is 11.6 Å².